The van der Waals surface area contributed by atoms with Crippen molar-refractivity contribution in [3.63, 3.8) is 0 Å². The molecule has 1 aliphatic heterocycles. The molecule has 1 aliphatic rings. The molecule has 2 aromatic carbocycles. The Kier molecular flexibility index (Phi) is 5.64. The lowest BCUT2D eigenvalue weighted by atomic mass is 10.1. The van der Waals surface area contributed by atoms with Gasteiger partial charge >= 0.3 is 0 Å². The van der Waals surface area contributed by atoms with Gasteiger partial charge in [-0.1, -0.05) is 18.2 Å². The lowest BCUT2D eigenvalue weighted by Crippen LogP contribution is -2.47. The van der Waals surface area contributed by atoms with Gasteiger partial charge in [-0.2, -0.15) is 0 Å². The van der Waals surface area contributed by atoms with Gasteiger partial charge in [-0.05, 0) is 42.8 Å². The minimum Gasteiger partial charge on any atom is -0.439 e. The van der Waals surface area contributed by atoms with Crippen LogP contribution in [0.3, 0.4) is 0 Å². The Labute approximate surface area is 186 Å². The first-order valence-electron chi connectivity index (χ1n) is 10.7. The van der Waals surface area contributed by atoms with Crippen molar-refractivity contribution >= 4 is 16.7 Å². The van der Waals surface area contributed by atoms with E-state index in [0.717, 1.165) is 48.5 Å². The molecule has 3 heterocycles. The topological polar surface area (TPSA) is 54.4 Å². The number of nitrogens with zero attached hydrogens (tertiary/aromatic N) is 5. The molecule has 32 heavy (non-hydrogen) atoms. The molecule has 162 valence electrons. The Bertz CT molecular complexity index is 1210. The lowest BCUT2D eigenvalue weighted by Gasteiger charge is -2.38. The third kappa shape index (κ3) is 4.38. The maximum absolute atomic E-state index is 13.2. The smallest absolute Gasteiger partial charge is 0.224 e. The van der Waals surface area contributed by atoms with Gasteiger partial charge in [-0.3, -0.25) is 9.88 Å². The van der Waals surface area contributed by atoms with Crippen LogP contribution in [0.4, 0.5) is 10.2 Å². The summed E-state index contributed by atoms with van der Waals surface area (Å²) in [6.45, 7) is 5.66. The van der Waals surface area contributed by atoms with Gasteiger partial charge in [-0.25, -0.2) is 14.4 Å². The van der Waals surface area contributed by atoms with Gasteiger partial charge in [0.2, 0.25) is 5.88 Å². The molecule has 0 bridgehead atoms. The van der Waals surface area contributed by atoms with E-state index >= 15 is 0 Å². The van der Waals surface area contributed by atoms with Crippen molar-refractivity contribution in [2.45, 2.75) is 13.0 Å². The highest BCUT2D eigenvalue weighted by Crippen LogP contribution is 2.27. The quantitative estimate of drug-likeness (QED) is 0.453. The summed E-state index contributed by atoms with van der Waals surface area (Å²) >= 11 is 0. The molecule has 1 saturated heterocycles. The zero-order valence-electron chi connectivity index (χ0n) is 17.9. The van der Waals surface area contributed by atoms with Crippen molar-refractivity contribution in [3.05, 3.63) is 84.6 Å². The minimum atomic E-state index is -0.201. The van der Waals surface area contributed by atoms with Gasteiger partial charge in [0.05, 0.1) is 5.52 Å². The van der Waals surface area contributed by atoms with Crippen molar-refractivity contribution in [1.29, 1.82) is 0 Å². The van der Waals surface area contributed by atoms with Crippen molar-refractivity contribution < 1.29 is 9.13 Å². The van der Waals surface area contributed by atoms with E-state index in [2.05, 4.69) is 31.7 Å². The number of fused-ring (bicyclic) bond motifs is 1. The molecule has 1 atom stereocenters. The van der Waals surface area contributed by atoms with E-state index in [-0.39, 0.29) is 11.9 Å². The highest BCUT2D eigenvalue weighted by Gasteiger charge is 2.23. The summed E-state index contributed by atoms with van der Waals surface area (Å²) in [4.78, 5) is 17.8. The average molecular weight is 429 g/mol. The first-order chi connectivity index (χ1) is 15.7. The summed E-state index contributed by atoms with van der Waals surface area (Å²) in [5.41, 5.74) is 2.01. The predicted octanol–water partition coefficient (Wildman–Crippen LogP) is 4.84. The Morgan fingerprint density at radius 1 is 0.906 bits per heavy atom. The van der Waals surface area contributed by atoms with Crippen LogP contribution in [0, 0.1) is 5.82 Å². The fourth-order valence-electron chi connectivity index (χ4n) is 4.08. The molecule has 0 unspecified atom stereocenters. The molecule has 4 aromatic rings. The Hall–Kier alpha value is -3.58. The number of pyridine rings is 1. The number of piperazine rings is 1. The standard InChI is InChI=1S/C25H24FN5O/c1-18(19-4-7-21(26)8-5-19)30-11-13-31(14-12-30)24-16-25(29-17-28-24)32-22-9-6-20-3-2-10-27-23(20)15-22/h2-10,15-18H,11-14H2,1H3/t18-/m0/s1. The van der Waals surface area contributed by atoms with Gasteiger partial charge in [0.15, 0.2) is 0 Å². The molecule has 5 rings (SSSR count). The molecule has 0 spiro atoms. The van der Waals surface area contributed by atoms with Gasteiger partial charge in [0.1, 0.15) is 23.7 Å². The number of ether oxygens (including phenoxy) is 1. The van der Waals surface area contributed by atoms with Gasteiger partial charge in [0, 0.05) is 55.9 Å². The summed E-state index contributed by atoms with van der Waals surface area (Å²) in [7, 11) is 0. The Balaban J connectivity index is 1.24. The molecule has 0 radical (unpaired) electrons. The van der Waals surface area contributed by atoms with Crippen LogP contribution in [-0.2, 0) is 0 Å². The first-order valence-corrected chi connectivity index (χ1v) is 10.7. The third-order valence-electron chi connectivity index (χ3n) is 5.97. The van der Waals surface area contributed by atoms with Crippen LogP contribution in [0.5, 0.6) is 11.6 Å². The zero-order valence-corrected chi connectivity index (χ0v) is 17.9. The second-order valence-corrected chi connectivity index (χ2v) is 7.92. The molecule has 0 N–H and O–H groups in total. The monoisotopic (exact) mass is 429 g/mol. The van der Waals surface area contributed by atoms with E-state index in [1.54, 1.807) is 6.20 Å². The van der Waals surface area contributed by atoms with Crippen LogP contribution in [0.1, 0.15) is 18.5 Å². The molecule has 0 saturated carbocycles. The van der Waals surface area contributed by atoms with E-state index in [1.165, 1.54) is 18.5 Å². The van der Waals surface area contributed by atoms with Crippen LogP contribution in [0.25, 0.3) is 10.9 Å². The maximum atomic E-state index is 13.2. The number of anilines is 1. The van der Waals surface area contributed by atoms with Crippen LogP contribution >= 0.6 is 0 Å². The van der Waals surface area contributed by atoms with E-state index in [0.29, 0.717) is 11.6 Å². The summed E-state index contributed by atoms with van der Waals surface area (Å²) in [6, 6.07) is 18.6. The van der Waals surface area contributed by atoms with Gasteiger partial charge < -0.3 is 9.64 Å². The average Bonchev–Trinajstić information content (AvgIpc) is 2.84. The van der Waals surface area contributed by atoms with Crippen molar-refractivity contribution in [1.82, 2.24) is 19.9 Å². The van der Waals surface area contributed by atoms with Crippen molar-refractivity contribution in [3.8, 4) is 11.6 Å². The van der Waals surface area contributed by atoms with Crippen LogP contribution in [-0.4, -0.2) is 46.0 Å². The number of hydrogen-bond acceptors (Lipinski definition) is 6. The molecular weight excluding hydrogens is 405 g/mol. The van der Waals surface area contributed by atoms with Crippen LogP contribution in [0.15, 0.2) is 73.2 Å². The molecule has 2 aromatic heterocycles. The maximum Gasteiger partial charge on any atom is 0.224 e. The Morgan fingerprint density at radius 2 is 1.72 bits per heavy atom. The normalized spacial score (nSPS) is 15.6. The van der Waals surface area contributed by atoms with Crippen molar-refractivity contribution in [2.75, 3.05) is 31.1 Å². The van der Waals surface area contributed by atoms with Crippen LogP contribution < -0.4 is 9.64 Å². The molecule has 0 amide bonds. The van der Waals surface area contributed by atoms with E-state index in [9.17, 15) is 4.39 Å². The Morgan fingerprint density at radius 3 is 2.53 bits per heavy atom. The largest absolute Gasteiger partial charge is 0.439 e. The minimum absolute atomic E-state index is 0.201. The molecule has 0 aliphatic carbocycles. The summed E-state index contributed by atoms with van der Waals surface area (Å²) in [5.74, 6) is 1.85. The summed E-state index contributed by atoms with van der Waals surface area (Å²) in [6.07, 6.45) is 3.31. The van der Waals surface area contributed by atoms with Crippen molar-refractivity contribution in [2.24, 2.45) is 0 Å². The molecular formula is C25H24FN5O. The number of rotatable bonds is 5. The number of benzene rings is 2. The second-order valence-electron chi connectivity index (χ2n) is 7.92. The molecule has 6 nitrogen and oxygen atoms in total. The molecule has 7 heteroatoms. The summed E-state index contributed by atoms with van der Waals surface area (Å²) in [5, 5.41) is 1.07. The first kappa shape index (κ1) is 20.3. The third-order valence-corrected chi connectivity index (χ3v) is 5.97. The molecule has 1 fully saturated rings. The predicted molar refractivity (Wildman–Crippen MR) is 122 cm³/mol. The SMILES string of the molecule is C[C@@H](c1ccc(F)cc1)N1CCN(c2cc(Oc3ccc4cccnc4c3)ncn2)CC1. The number of hydrogen-bond donors (Lipinski definition) is 0. The fraction of sp³-hybridized carbons (Fsp3) is 0.240. The lowest BCUT2D eigenvalue weighted by molar-refractivity contribution is 0.198. The van der Waals surface area contributed by atoms with E-state index in [4.69, 9.17) is 4.74 Å². The second kappa shape index (κ2) is 8.88. The fourth-order valence-corrected chi connectivity index (χ4v) is 4.08. The van der Waals surface area contributed by atoms with Crippen LogP contribution in [0.2, 0.25) is 0 Å². The number of halogens is 1. The van der Waals surface area contributed by atoms with Gasteiger partial charge in [0.25, 0.3) is 0 Å². The summed E-state index contributed by atoms with van der Waals surface area (Å²) < 4.78 is 19.2. The zero-order chi connectivity index (χ0) is 21.9. The van der Waals surface area contributed by atoms with E-state index < -0.39 is 0 Å². The number of aromatic nitrogens is 3. The van der Waals surface area contributed by atoms with E-state index in [1.807, 2.05) is 48.5 Å². The highest BCUT2D eigenvalue weighted by molar-refractivity contribution is 5.79. The highest BCUT2D eigenvalue weighted by atomic mass is 19.1. The van der Waals surface area contributed by atoms with Gasteiger partial charge in [-0.15, -0.1) is 0 Å².